The predicted octanol–water partition coefficient (Wildman–Crippen LogP) is -2.64. The molecule has 17 heavy (non-hydrogen) atoms. The fraction of sp³-hybridized carbons (Fsp3) is 0.250. The third-order valence-electron chi connectivity index (χ3n) is 1.54. The summed E-state index contributed by atoms with van der Waals surface area (Å²) in [6.07, 6.45) is 0. The van der Waals surface area contributed by atoms with Crippen molar-refractivity contribution in [3.63, 3.8) is 0 Å². The van der Waals surface area contributed by atoms with Crippen LogP contribution in [0.1, 0.15) is 8.35 Å². The van der Waals surface area contributed by atoms with E-state index in [-0.39, 0.29) is 42.5 Å². The van der Waals surface area contributed by atoms with Gasteiger partial charge in [0.1, 0.15) is 0 Å². The van der Waals surface area contributed by atoms with Gasteiger partial charge in [0.15, 0.2) is 0 Å². The Morgan fingerprint density at radius 2 is 1.71 bits per heavy atom. The van der Waals surface area contributed by atoms with Crippen LogP contribution in [0.2, 0.25) is 0 Å². The van der Waals surface area contributed by atoms with E-state index in [4.69, 9.17) is 0 Å². The largest absolute Gasteiger partial charge is 1.00 e. The summed E-state index contributed by atoms with van der Waals surface area (Å²) in [5.74, 6) is 0. The molecule has 1 N–H and O–H groups in total. The molecule has 1 aromatic carbocycles. The van der Waals surface area contributed by atoms with Crippen molar-refractivity contribution in [3.8, 4) is 0 Å². The fourth-order valence-corrected chi connectivity index (χ4v) is 3.44. The van der Waals surface area contributed by atoms with Crippen LogP contribution in [0.15, 0.2) is 35.2 Å². The maximum absolute atomic E-state index is 11.6. The molecule has 0 saturated carbocycles. The average Bonchev–Trinajstić information content (AvgIpc) is 2.17. The predicted molar refractivity (Wildman–Crippen MR) is 58.4 cm³/mol. The summed E-state index contributed by atoms with van der Waals surface area (Å²) in [6.45, 7) is 1.30. The first-order valence-corrected chi connectivity index (χ1v) is 7.24. The van der Waals surface area contributed by atoms with E-state index in [0.717, 1.165) is 0 Å². The quantitative estimate of drug-likeness (QED) is 0.599. The summed E-state index contributed by atoms with van der Waals surface area (Å²) in [5.41, 5.74) is 0. The summed E-state index contributed by atoms with van der Waals surface area (Å²) >= 11 is 0. The Morgan fingerprint density at radius 1 is 1.18 bits per heavy atom. The van der Waals surface area contributed by atoms with Gasteiger partial charge in [-0.15, -0.1) is 0 Å². The fourth-order valence-electron chi connectivity index (χ4n) is 0.961. The van der Waals surface area contributed by atoms with E-state index in [1.807, 2.05) is 0 Å². The van der Waals surface area contributed by atoms with Crippen LogP contribution in [0.5, 0.6) is 0 Å². The second-order valence-corrected chi connectivity index (χ2v) is 6.05. The molecule has 0 spiro atoms. The van der Waals surface area contributed by atoms with Crippen LogP contribution in [0.25, 0.3) is 0 Å². The van der Waals surface area contributed by atoms with Crippen molar-refractivity contribution in [2.75, 3.05) is 6.61 Å². The van der Waals surface area contributed by atoms with Gasteiger partial charge < -0.3 is 1.43 Å². The second-order valence-electron chi connectivity index (χ2n) is 2.76. The molecule has 1 rings (SSSR count). The molecule has 9 heteroatoms. The maximum Gasteiger partial charge on any atom is 1.00 e. The Kier molecular flexibility index (Phi) is 6.85. The van der Waals surface area contributed by atoms with Gasteiger partial charge in [-0.3, -0.25) is 4.18 Å². The van der Waals surface area contributed by atoms with Crippen molar-refractivity contribution in [1.82, 2.24) is 4.13 Å². The van der Waals surface area contributed by atoms with Crippen molar-refractivity contribution in [1.29, 1.82) is 0 Å². The molecule has 0 amide bonds. The molecule has 0 heterocycles. The minimum atomic E-state index is -4.28. The Hall–Kier alpha value is 0.0400. The third kappa shape index (κ3) is 5.47. The normalized spacial score (nSPS) is 11.8. The molecule has 0 radical (unpaired) electrons. The number of benzene rings is 1. The summed E-state index contributed by atoms with van der Waals surface area (Å²) < 4.78 is 51.1. The van der Waals surface area contributed by atoms with Crippen LogP contribution >= 0.6 is 0 Å². The molecule has 0 unspecified atom stereocenters. The van der Waals surface area contributed by atoms with Gasteiger partial charge in [0.2, 0.25) is 0 Å². The molecule has 1 aromatic rings. The van der Waals surface area contributed by atoms with Gasteiger partial charge in [-0.25, -0.2) is 8.42 Å². The molecule has 6 nitrogen and oxygen atoms in total. The van der Waals surface area contributed by atoms with Gasteiger partial charge in [-0.05, 0) is 19.1 Å². The van der Waals surface area contributed by atoms with Gasteiger partial charge in [-0.1, -0.05) is 22.3 Å². The minimum absolute atomic E-state index is 0. The van der Waals surface area contributed by atoms with E-state index in [2.05, 4.69) is 4.18 Å². The van der Waals surface area contributed by atoms with E-state index in [9.17, 15) is 16.8 Å². The molecule has 0 aliphatic heterocycles. The average molecular weight is 289 g/mol. The second kappa shape index (κ2) is 6.83. The molecule has 0 saturated heterocycles. The zero-order chi connectivity index (χ0) is 12.2. The summed E-state index contributed by atoms with van der Waals surface area (Å²) in [7, 11) is -8.38. The van der Waals surface area contributed by atoms with E-state index >= 15 is 0 Å². The van der Waals surface area contributed by atoms with Crippen LogP contribution in [0.3, 0.4) is 0 Å². The van der Waals surface area contributed by atoms with Gasteiger partial charge in [-0.2, -0.15) is 8.42 Å². The molecular formula is C8H12NNaO5S2. The summed E-state index contributed by atoms with van der Waals surface area (Å²) in [4.78, 5) is -0.140. The van der Waals surface area contributed by atoms with Crippen molar-refractivity contribution >= 4 is 20.3 Å². The zero-order valence-electron chi connectivity index (χ0n) is 10.5. The third-order valence-corrected chi connectivity index (χ3v) is 4.67. The number of rotatable bonds is 5. The maximum atomic E-state index is 11.6. The van der Waals surface area contributed by atoms with E-state index in [0.29, 0.717) is 0 Å². The first kappa shape index (κ1) is 17.0. The van der Waals surface area contributed by atoms with Crippen LogP contribution in [0.4, 0.5) is 0 Å². The molecular weight excluding hydrogens is 277 g/mol. The Bertz CT molecular complexity index is 546. The molecule has 0 atom stereocenters. The monoisotopic (exact) mass is 289 g/mol. The van der Waals surface area contributed by atoms with Crippen molar-refractivity contribution in [2.24, 2.45) is 0 Å². The van der Waals surface area contributed by atoms with Gasteiger partial charge in [0, 0.05) is 0 Å². The molecule has 0 aromatic heterocycles. The van der Waals surface area contributed by atoms with Crippen molar-refractivity contribution in [3.05, 3.63) is 30.3 Å². The van der Waals surface area contributed by atoms with Crippen molar-refractivity contribution in [2.45, 2.75) is 11.8 Å². The summed E-state index contributed by atoms with van der Waals surface area (Å²) in [5, 5.41) is 0. The van der Waals surface area contributed by atoms with E-state index < -0.39 is 20.3 Å². The van der Waals surface area contributed by atoms with Crippen LogP contribution in [-0.2, 0) is 24.5 Å². The van der Waals surface area contributed by atoms with Crippen LogP contribution in [0, 0.1) is 0 Å². The molecule has 0 bridgehead atoms. The van der Waals surface area contributed by atoms with E-state index in [1.54, 1.807) is 6.07 Å². The number of hydrogen-bond acceptors (Lipinski definition) is 5. The number of hydrogen-bond donors (Lipinski definition) is 1. The van der Waals surface area contributed by atoms with Gasteiger partial charge in [0.25, 0.3) is 10.0 Å². The van der Waals surface area contributed by atoms with E-state index in [1.165, 1.54) is 35.3 Å². The standard InChI is InChI=1S/C8H11NO5S2.Na.H/c1-2-14-16(12,13)9-15(10,11)8-6-4-3-5-7-8;;/h3-7,9H,2H2,1H3;;/q;+1;-1. The van der Waals surface area contributed by atoms with Crippen LogP contribution < -0.4 is 33.7 Å². The SMILES string of the molecule is CCOS(=O)(=O)NS(=O)(=O)c1ccccc1.[H-].[Na+]. The zero-order valence-corrected chi connectivity index (χ0v) is 13.1. The first-order chi connectivity index (χ1) is 7.37. The minimum Gasteiger partial charge on any atom is -1.00 e. The molecule has 0 aliphatic rings. The number of nitrogens with one attached hydrogen (secondary N) is 1. The Morgan fingerprint density at radius 3 is 2.18 bits per heavy atom. The Balaban J connectivity index is 0. The van der Waals surface area contributed by atoms with Gasteiger partial charge >= 0.3 is 39.9 Å². The number of sulfonamides is 1. The summed E-state index contributed by atoms with van der Waals surface area (Å²) in [6, 6.07) is 7.16. The van der Waals surface area contributed by atoms with Gasteiger partial charge in [0.05, 0.1) is 11.5 Å². The first-order valence-electron chi connectivity index (χ1n) is 4.35. The molecule has 92 valence electrons. The smallest absolute Gasteiger partial charge is 1.00 e. The van der Waals surface area contributed by atoms with Crippen molar-refractivity contribution < 1.29 is 52.0 Å². The molecule has 0 aliphatic carbocycles. The molecule has 0 fully saturated rings. The Labute approximate surface area is 124 Å². The topological polar surface area (TPSA) is 89.5 Å². The van der Waals surface area contributed by atoms with Crippen LogP contribution in [-0.4, -0.2) is 23.4 Å².